The zero-order valence-corrected chi connectivity index (χ0v) is 8.16. The number of rotatable bonds is 1. The minimum absolute atomic E-state index is 0.188. The van der Waals surface area contributed by atoms with Gasteiger partial charge in [0, 0.05) is 18.7 Å². The first kappa shape index (κ1) is 9.62. The predicted octanol–water partition coefficient (Wildman–Crippen LogP) is 1.81. The molecule has 1 aromatic carbocycles. The van der Waals surface area contributed by atoms with Crippen LogP contribution >= 0.6 is 0 Å². The Balaban J connectivity index is 2.22. The van der Waals surface area contributed by atoms with Gasteiger partial charge in [-0.3, -0.25) is 0 Å². The van der Waals surface area contributed by atoms with E-state index in [2.05, 4.69) is 5.32 Å². The molecule has 0 N–H and O–H groups in total. The summed E-state index contributed by atoms with van der Waals surface area (Å²) in [7, 11) is 0. The fourth-order valence-electron chi connectivity index (χ4n) is 1.60. The maximum absolute atomic E-state index is 13.5. The van der Waals surface area contributed by atoms with E-state index in [-0.39, 0.29) is 11.9 Å². The lowest BCUT2D eigenvalue weighted by atomic mass is 10.1. The summed E-state index contributed by atoms with van der Waals surface area (Å²) < 4.78 is 19.0. The van der Waals surface area contributed by atoms with Crippen molar-refractivity contribution < 1.29 is 9.13 Å². The Kier molecular flexibility index (Phi) is 2.79. The molecule has 1 aliphatic heterocycles. The van der Waals surface area contributed by atoms with Gasteiger partial charge in [0.25, 0.3) is 0 Å². The Morgan fingerprint density at radius 1 is 1.50 bits per heavy atom. The third-order valence-electron chi connectivity index (χ3n) is 2.37. The van der Waals surface area contributed by atoms with Gasteiger partial charge >= 0.3 is 0 Å². The molecule has 2 nitrogen and oxygen atoms in total. The van der Waals surface area contributed by atoms with Crippen molar-refractivity contribution in [2.45, 2.75) is 13.0 Å². The minimum Gasteiger partial charge on any atom is -0.371 e. The largest absolute Gasteiger partial charge is 0.371 e. The number of aryl methyl sites for hydroxylation is 1. The average Bonchev–Trinajstić information content (AvgIpc) is 2.19. The van der Waals surface area contributed by atoms with E-state index in [1.807, 2.05) is 13.0 Å². The Labute approximate surface area is 83.1 Å². The lowest BCUT2D eigenvalue weighted by molar-refractivity contribution is 0.0239. The molecule has 0 unspecified atom stereocenters. The number of hydrogen-bond acceptors (Lipinski definition) is 1. The van der Waals surface area contributed by atoms with Crippen LogP contribution in [0.25, 0.3) is 0 Å². The lowest BCUT2D eigenvalue weighted by Gasteiger charge is -2.23. The zero-order valence-electron chi connectivity index (χ0n) is 8.16. The molecule has 1 aliphatic rings. The van der Waals surface area contributed by atoms with Crippen molar-refractivity contribution in [2.24, 2.45) is 0 Å². The van der Waals surface area contributed by atoms with Crippen LogP contribution < -0.4 is 5.32 Å². The van der Waals surface area contributed by atoms with Crippen molar-refractivity contribution in [3.8, 4) is 0 Å². The number of morpholine rings is 1. The third kappa shape index (κ3) is 1.94. The lowest BCUT2D eigenvalue weighted by Crippen LogP contribution is -2.28. The summed E-state index contributed by atoms with van der Waals surface area (Å²) in [4.78, 5) is 0. The van der Waals surface area contributed by atoms with Gasteiger partial charge in [-0.1, -0.05) is 12.1 Å². The fourth-order valence-corrected chi connectivity index (χ4v) is 1.60. The monoisotopic (exact) mass is 194 g/mol. The van der Waals surface area contributed by atoms with E-state index in [1.165, 1.54) is 6.07 Å². The van der Waals surface area contributed by atoms with E-state index in [4.69, 9.17) is 4.74 Å². The van der Waals surface area contributed by atoms with Crippen molar-refractivity contribution in [3.05, 3.63) is 35.1 Å². The molecule has 0 bridgehead atoms. The number of ether oxygens (including phenoxy) is 1. The Morgan fingerprint density at radius 2 is 2.36 bits per heavy atom. The molecule has 1 fully saturated rings. The van der Waals surface area contributed by atoms with Crippen molar-refractivity contribution in [1.29, 1.82) is 0 Å². The maximum atomic E-state index is 13.5. The number of benzene rings is 1. The van der Waals surface area contributed by atoms with Crippen LogP contribution in [-0.2, 0) is 4.74 Å². The van der Waals surface area contributed by atoms with Crippen LogP contribution in [0.4, 0.5) is 4.39 Å². The molecule has 0 amide bonds. The first-order valence-corrected chi connectivity index (χ1v) is 4.78. The van der Waals surface area contributed by atoms with Crippen molar-refractivity contribution in [1.82, 2.24) is 5.32 Å². The summed E-state index contributed by atoms with van der Waals surface area (Å²) in [6, 6.07) is 5.22. The zero-order chi connectivity index (χ0) is 9.97. The van der Waals surface area contributed by atoms with Crippen LogP contribution in [0.3, 0.4) is 0 Å². The van der Waals surface area contributed by atoms with Crippen molar-refractivity contribution in [3.63, 3.8) is 0 Å². The van der Waals surface area contributed by atoms with E-state index >= 15 is 0 Å². The highest BCUT2D eigenvalue weighted by molar-refractivity contribution is 5.25. The SMILES string of the molecule is Cc1ccc([C@@H]2C[N]CCO2)c(F)c1. The highest BCUT2D eigenvalue weighted by Crippen LogP contribution is 2.22. The van der Waals surface area contributed by atoms with Crippen LogP contribution in [0.1, 0.15) is 17.2 Å². The molecule has 2 rings (SSSR count). The molecule has 0 spiro atoms. The molecule has 1 saturated heterocycles. The second-order valence-electron chi connectivity index (χ2n) is 3.51. The van der Waals surface area contributed by atoms with Gasteiger partial charge in [-0.25, -0.2) is 9.71 Å². The Bertz CT molecular complexity index is 321. The summed E-state index contributed by atoms with van der Waals surface area (Å²) in [6.45, 7) is 3.76. The Morgan fingerprint density at radius 3 is 3.00 bits per heavy atom. The molecule has 1 aromatic rings. The average molecular weight is 194 g/mol. The first-order chi connectivity index (χ1) is 6.77. The maximum Gasteiger partial charge on any atom is 0.129 e. The van der Waals surface area contributed by atoms with Gasteiger partial charge in [0.05, 0.1) is 12.7 Å². The number of hydrogen-bond donors (Lipinski definition) is 0. The van der Waals surface area contributed by atoms with E-state index in [9.17, 15) is 4.39 Å². The molecule has 1 heterocycles. The first-order valence-electron chi connectivity index (χ1n) is 4.78. The van der Waals surface area contributed by atoms with Gasteiger partial charge in [-0.2, -0.15) is 0 Å². The van der Waals surface area contributed by atoms with E-state index in [0.29, 0.717) is 18.7 Å². The van der Waals surface area contributed by atoms with Crippen LogP contribution in [0.15, 0.2) is 18.2 Å². The van der Waals surface area contributed by atoms with Crippen LogP contribution in [0, 0.1) is 12.7 Å². The second-order valence-corrected chi connectivity index (χ2v) is 3.51. The van der Waals surface area contributed by atoms with Crippen molar-refractivity contribution >= 4 is 0 Å². The molecule has 75 valence electrons. The topological polar surface area (TPSA) is 23.3 Å². The van der Waals surface area contributed by atoms with Gasteiger partial charge in [-0.15, -0.1) is 0 Å². The second kappa shape index (κ2) is 4.07. The minimum atomic E-state index is -0.190. The molecule has 0 aromatic heterocycles. The van der Waals surface area contributed by atoms with Gasteiger partial charge in [0.2, 0.25) is 0 Å². The normalized spacial score (nSPS) is 22.3. The summed E-state index contributed by atoms with van der Waals surface area (Å²) >= 11 is 0. The standard InChI is InChI=1S/C11H13FNO/c1-8-2-3-9(10(12)6-8)11-7-13-4-5-14-11/h2-3,6,11H,4-5,7H2,1H3/t11-/m0/s1. The molecule has 3 heteroatoms. The van der Waals surface area contributed by atoms with Crippen LogP contribution in [0.2, 0.25) is 0 Å². The molecule has 1 radical (unpaired) electrons. The highest BCUT2D eigenvalue weighted by Gasteiger charge is 2.19. The summed E-state index contributed by atoms with van der Waals surface area (Å²) in [5.74, 6) is -0.188. The molecular formula is C11H13FNO. The van der Waals surface area contributed by atoms with Gasteiger partial charge < -0.3 is 4.74 Å². The Hall–Kier alpha value is -0.930. The smallest absolute Gasteiger partial charge is 0.129 e. The fraction of sp³-hybridized carbons (Fsp3) is 0.455. The van der Waals surface area contributed by atoms with Gasteiger partial charge in [0.15, 0.2) is 0 Å². The molecule has 14 heavy (non-hydrogen) atoms. The summed E-state index contributed by atoms with van der Waals surface area (Å²) in [5.41, 5.74) is 1.55. The number of nitrogens with zero attached hydrogens (tertiary/aromatic N) is 1. The van der Waals surface area contributed by atoms with Crippen molar-refractivity contribution in [2.75, 3.05) is 19.7 Å². The third-order valence-corrected chi connectivity index (χ3v) is 2.37. The molecule has 0 aliphatic carbocycles. The molecular weight excluding hydrogens is 181 g/mol. The molecule has 1 atom stereocenters. The van der Waals surface area contributed by atoms with Crippen LogP contribution in [0.5, 0.6) is 0 Å². The van der Waals surface area contributed by atoms with Gasteiger partial charge in [0.1, 0.15) is 5.82 Å². The van der Waals surface area contributed by atoms with E-state index < -0.39 is 0 Å². The van der Waals surface area contributed by atoms with Gasteiger partial charge in [-0.05, 0) is 18.6 Å². The summed E-state index contributed by atoms with van der Waals surface area (Å²) in [5, 5.41) is 4.21. The molecule has 0 saturated carbocycles. The summed E-state index contributed by atoms with van der Waals surface area (Å²) in [6.07, 6.45) is -0.190. The van der Waals surface area contributed by atoms with Crippen LogP contribution in [-0.4, -0.2) is 19.7 Å². The van der Waals surface area contributed by atoms with E-state index in [1.54, 1.807) is 6.07 Å². The number of halogens is 1. The predicted molar refractivity (Wildman–Crippen MR) is 51.7 cm³/mol. The highest BCUT2D eigenvalue weighted by atomic mass is 19.1. The van der Waals surface area contributed by atoms with E-state index in [0.717, 1.165) is 12.1 Å². The quantitative estimate of drug-likeness (QED) is 0.668.